The van der Waals surface area contributed by atoms with E-state index in [4.69, 9.17) is 14.2 Å². The van der Waals surface area contributed by atoms with Crippen molar-refractivity contribution in [3.05, 3.63) is 35.9 Å². The first kappa shape index (κ1) is 17.8. The molecule has 0 aromatic heterocycles. The second kappa shape index (κ2) is 7.79. The van der Waals surface area contributed by atoms with Crippen LogP contribution in [-0.2, 0) is 20.8 Å². The minimum absolute atomic E-state index is 0.0263. The van der Waals surface area contributed by atoms with Crippen LogP contribution < -0.4 is 0 Å². The second-order valence-electron chi connectivity index (χ2n) is 6.95. The highest BCUT2D eigenvalue weighted by Gasteiger charge is 2.31. The zero-order valence-corrected chi connectivity index (χ0v) is 14.5. The summed E-state index contributed by atoms with van der Waals surface area (Å²) >= 11 is 0. The van der Waals surface area contributed by atoms with Crippen LogP contribution in [0.3, 0.4) is 0 Å². The van der Waals surface area contributed by atoms with Gasteiger partial charge in [0.2, 0.25) is 0 Å². The number of amides is 1. The molecule has 0 bridgehead atoms. The molecule has 0 radical (unpaired) electrons. The van der Waals surface area contributed by atoms with E-state index in [0.29, 0.717) is 26.3 Å². The van der Waals surface area contributed by atoms with Crippen LogP contribution in [-0.4, -0.2) is 48.5 Å². The smallest absolute Gasteiger partial charge is 0.410 e. The summed E-state index contributed by atoms with van der Waals surface area (Å²) in [7, 11) is 0. The van der Waals surface area contributed by atoms with Gasteiger partial charge in [0.25, 0.3) is 0 Å². The molecule has 0 N–H and O–H groups in total. The lowest BCUT2D eigenvalue weighted by Crippen LogP contribution is -2.51. The molecule has 5 heteroatoms. The number of ether oxygens (including phenoxy) is 3. The van der Waals surface area contributed by atoms with Gasteiger partial charge in [-0.1, -0.05) is 30.3 Å². The Balaban J connectivity index is 1.81. The largest absolute Gasteiger partial charge is 0.444 e. The van der Waals surface area contributed by atoms with Gasteiger partial charge in [-0.05, 0) is 33.3 Å². The van der Waals surface area contributed by atoms with Crippen molar-refractivity contribution in [1.82, 2.24) is 4.90 Å². The molecule has 1 aromatic carbocycles. The Hall–Kier alpha value is -1.59. The van der Waals surface area contributed by atoms with Gasteiger partial charge in [0, 0.05) is 0 Å². The molecule has 0 aliphatic carbocycles. The molecule has 1 aromatic rings. The number of carbonyl (C=O) groups excluding carboxylic acids is 1. The predicted molar refractivity (Wildman–Crippen MR) is 88.2 cm³/mol. The molecule has 1 saturated heterocycles. The molecule has 1 unspecified atom stereocenters. The van der Waals surface area contributed by atoms with Crippen molar-refractivity contribution in [1.29, 1.82) is 0 Å². The van der Waals surface area contributed by atoms with Crippen molar-refractivity contribution in [2.75, 3.05) is 19.7 Å². The number of carbonyl (C=O) groups is 1. The van der Waals surface area contributed by atoms with Gasteiger partial charge in [-0.3, -0.25) is 0 Å². The highest BCUT2D eigenvalue weighted by Crippen LogP contribution is 2.16. The number of morpholine rings is 1. The van der Waals surface area contributed by atoms with Crippen LogP contribution in [0.25, 0.3) is 0 Å². The third-order valence-corrected chi connectivity index (χ3v) is 3.39. The Kier molecular flexibility index (Phi) is 6.02. The summed E-state index contributed by atoms with van der Waals surface area (Å²) < 4.78 is 17.0. The van der Waals surface area contributed by atoms with Gasteiger partial charge in [0.1, 0.15) is 5.60 Å². The third-order valence-electron chi connectivity index (χ3n) is 3.39. The van der Waals surface area contributed by atoms with Crippen LogP contribution in [0.5, 0.6) is 0 Å². The Morgan fingerprint density at radius 3 is 2.61 bits per heavy atom. The van der Waals surface area contributed by atoms with Crippen molar-refractivity contribution >= 4 is 6.09 Å². The molecule has 1 amide bonds. The Labute approximate surface area is 138 Å². The first-order valence-electron chi connectivity index (χ1n) is 8.08. The fraction of sp³-hybridized carbons (Fsp3) is 0.611. The normalized spacial score (nSPS) is 22.0. The summed E-state index contributed by atoms with van der Waals surface area (Å²) in [5.41, 5.74) is 0.637. The van der Waals surface area contributed by atoms with Crippen LogP contribution in [0.4, 0.5) is 4.79 Å². The van der Waals surface area contributed by atoms with E-state index in [9.17, 15) is 4.79 Å². The third kappa shape index (κ3) is 6.20. The van der Waals surface area contributed by atoms with E-state index in [2.05, 4.69) is 0 Å². The van der Waals surface area contributed by atoms with Crippen molar-refractivity contribution < 1.29 is 19.0 Å². The van der Waals surface area contributed by atoms with E-state index in [1.165, 1.54) is 0 Å². The van der Waals surface area contributed by atoms with Gasteiger partial charge in [0.05, 0.1) is 38.5 Å². The average Bonchev–Trinajstić information content (AvgIpc) is 2.46. The average molecular weight is 321 g/mol. The summed E-state index contributed by atoms with van der Waals surface area (Å²) in [4.78, 5) is 13.9. The number of nitrogens with zero attached hydrogens (tertiary/aromatic N) is 1. The molecule has 2 rings (SSSR count). The van der Waals surface area contributed by atoms with E-state index in [0.717, 1.165) is 5.56 Å². The van der Waals surface area contributed by atoms with Gasteiger partial charge in [-0.2, -0.15) is 0 Å². The van der Waals surface area contributed by atoms with Crippen LogP contribution >= 0.6 is 0 Å². The summed E-state index contributed by atoms with van der Waals surface area (Å²) in [6.07, 6.45) is -0.447. The zero-order chi connectivity index (χ0) is 16.9. The molecule has 1 aliphatic rings. The first-order chi connectivity index (χ1) is 10.8. The molecule has 0 saturated carbocycles. The highest BCUT2D eigenvalue weighted by molar-refractivity contribution is 5.68. The standard InChI is InChI=1S/C18H27NO4/c1-14-10-19(17(20)23-18(2,3)4)11-16(22-14)13-21-12-15-8-6-5-7-9-15/h5-9,14,16H,10-13H2,1-4H3/t14-,16?/m1/s1. The molecule has 2 atom stereocenters. The van der Waals surface area contributed by atoms with Gasteiger partial charge in [-0.15, -0.1) is 0 Å². The van der Waals surface area contributed by atoms with Gasteiger partial charge < -0.3 is 19.1 Å². The fourth-order valence-electron chi connectivity index (χ4n) is 2.50. The molecular formula is C18H27NO4. The topological polar surface area (TPSA) is 48.0 Å². The van der Waals surface area contributed by atoms with Crippen molar-refractivity contribution in [2.24, 2.45) is 0 Å². The lowest BCUT2D eigenvalue weighted by molar-refractivity contribution is -0.108. The Morgan fingerprint density at radius 1 is 1.26 bits per heavy atom. The second-order valence-corrected chi connectivity index (χ2v) is 6.95. The monoisotopic (exact) mass is 321 g/mol. The number of benzene rings is 1. The Bertz CT molecular complexity index is 497. The molecule has 5 nitrogen and oxygen atoms in total. The maximum Gasteiger partial charge on any atom is 0.410 e. The van der Waals surface area contributed by atoms with Crippen LogP contribution in [0, 0.1) is 0 Å². The number of hydrogen-bond acceptors (Lipinski definition) is 4. The zero-order valence-electron chi connectivity index (χ0n) is 14.5. The highest BCUT2D eigenvalue weighted by atomic mass is 16.6. The van der Waals surface area contributed by atoms with E-state index < -0.39 is 5.60 Å². The lowest BCUT2D eigenvalue weighted by Gasteiger charge is -2.37. The first-order valence-corrected chi connectivity index (χ1v) is 8.08. The number of rotatable bonds is 4. The lowest BCUT2D eigenvalue weighted by atomic mass is 10.2. The van der Waals surface area contributed by atoms with Crippen molar-refractivity contribution in [3.63, 3.8) is 0 Å². The van der Waals surface area contributed by atoms with E-state index in [1.807, 2.05) is 58.0 Å². The summed E-state index contributed by atoms with van der Waals surface area (Å²) in [5, 5.41) is 0. The molecule has 1 fully saturated rings. The molecule has 0 spiro atoms. The van der Waals surface area contributed by atoms with Gasteiger partial charge >= 0.3 is 6.09 Å². The fourth-order valence-corrected chi connectivity index (χ4v) is 2.50. The number of hydrogen-bond donors (Lipinski definition) is 0. The van der Waals surface area contributed by atoms with E-state index in [1.54, 1.807) is 4.90 Å². The summed E-state index contributed by atoms with van der Waals surface area (Å²) in [5.74, 6) is 0. The SMILES string of the molecule is C[C@@H]1CN(C(=O)OC(C)(C)C)CC(COCc2ccccc2)O1. The van der Waals surface area contributed by atoms with E-state index in [-0.39, 0.29) is 18.3 Å². The Morgan fingerprint density at radius 2 is 1.96 bits per heavy atom. The molecule has 1 aliphatic heterocycles. The maximum atomic E-state index is 12.2. The molecule has 128 valence electrons. The molecular weight excluding hydrogens is 294 g/mol. The minimum Gasteiger partial charge on any atom is -0.444 e. The van der Waals surface area contributed by atoms with Crippen molar-refractivity contribution in [2.45, 2.75) is 52.1 Å². The van der Waals surface area contributed by atoms with Crippen LogP contribution in [0.1, 0.15) is 33.3 Å². The van der Waals surface area contributed by atoms with Gasteiger partial charge in [-0.25, -0.2) is 4.79 Å². The maximum absolute atomic E-state index is 12.2. The van der Waals surface area contributed by atoms with Crippen LogP contribution in [0.15, 0.2) is 30.3 Å². The van der Waals surface area contributed by atoms with Crippen LogP contribution in [0.2, 0.25) is 0 Å². The van der Waals surface area contributed by atoms with E-state index >= 15 is 0 Å². The predicted octanol–water partition coefficient (Wildman–Crippen LogP) is 3.23. The van der Waals surface area contributed by atoms with Crippen molar-refractivity contribution in [3.8, 4) is 0 Å². The minimum atomic E-state index is -0.488. The summed E-state index contributed by atoms with van der Waals surface area (Å²) in [6.45, 7) is 9.61. The molecule has 1 heterocycles. The van der Waals surface area contributed by atoms with Gasteiger partial charge in [0.15, 0.2) is 0 Å². The summed E-state index contributed by atoms with van der Waals surface area (Å²) in [6, 6.07) is 10.0. The molecule has 23 heavy (non-hydrogen) atoms. The quantitative estimate of drug-likeness (QED) is 0.854.